The SMILES string of the molecule is O=C(Nc1[nH]c(=O)ncc1F)OI. The van der Waals surface area contributed by atoms with Crippen molar-refractivity contribution in [1.29, 1.82) is 0 Å². The number of nitrogens with one attached hydrogen (secondary N) is 2. The van der Waals surface area contributed by atoms with E-state index in [0.29, 0.717) is 6.20 Å². The molecular formula is C5H3FIN3O3. The molecule has 1 amide bonds. The summed E-state index contributed by atoms with van der Waals surface area (Å²) < 4.78 is 16.9. The second kappa shape index (κ2) is 4.16. The van der Waals surface area contributed by atoms with Crippen LogP contribution in [0.15, 0.2) is 11.0 Å². The first-order valence-electron chi connectivity index (χ1n) is 2.98. The summed E-state index contributed by atoms with van der Waals surface area (Å²) in [7, 11) is 0. The number of hydrogen-bond donors (Lipinski definition) is 2. The lowest BCUT2D eigenvalue weighted by atomic mass is 10.5. The van der Waals surface area contributed by atoms with E-state index in [1.54, 1.807) is 0 Å². The van der Waals surface area contributed by atoms with Gasteiger partial charge in [0, 0.05) is 0 Å². The third kappa shape index (κ3) is 2.65. The van der Waals surface area contributed by atoms with Crippen LogP contribution in [0.1, 0.15) is 0 Å². The van der Waals surface area contributed by atoms with E-state index in [0.717, 1.165) is 0 Å². The molecule has 1 rings (SSSR count). The Morgan fingerprint density at radius 1 is 1.77 bits per heavy atom. The highest BCUT2D eigenvalue weighted by Crippen LogP contribution is 2.06. The molecule has 0 fully saturated rings. The summed E-state index contributed by atoms with van der Waals surface area (Å²) in [4.78, 5) is 26.3. The second-order valence-corrected chi connectivity index (χ2v) is 2.34. The summed E-state index contributed by atoms with van der Waals surface area (Å²) in [6.07, 6.45) is -0.192. The van der Waals surface area contributed by atoms with Gasteiger partial charge in [-0.1, -0.05) is 0 Å². The molecule has 13 heavy (non-hydrogen) atoms. The number of aromatic amines is 1. The highest BCUT2D eigenvalue weighted by molar-refractivity contribution is 14.1. The lowest BCUT2D eigenvalue weighted by Crippen LogP contribution is -2.18. The smallest absolute Gasteiger partial charge is 0.378 e. The number of hydrogen-bond acceptors (Lipinski definition) is 4. The minimum absolute atomic E-state index is 0.373. The normalized spacial score (nSPS) is 9.38. The minimum atomic E-state index is -0.888. The summed E-state index contributed by atoms with van der Waals surface area (Å²) in [5, 5.41) is 1.96. The van der Waals surface area contributed by atoms with E-state index < -0.39 is 17.6 Å². The average Bonchev–Trinajstić information content (AvgIpc) is 2.11. The predicted molar refractivity (Wildman–Crippen MR) is 48.9 cm³/mol. The first-order valence-corrected chi connectivity index (χ1v) is 3.86. The Balaban J connectivity index is 2.94. The van der Waals surface area contributed by atoms with Crippen LogP contribution in [0.5, 0.6) is 0 Å². The van der Waals surface area contributed by atoms with Crippen molar-refractivity contribution in [3.8, 4) is 0 Å². The number of rotatable bonds is 1. The largest absolute Gasteiger partial charge is 0.422 e. The Kier molecular flexibility index (Phi) is 3.17. The standard InChI is InChI=1S/C5H3FIN3O3/c6-2-1-8-4(11)9-3(2)10-5(12)13-7/h1H,(H2,8,9,10,11,12). The van der Waals surface area contributed by atoms with Crippen LogP contribution in [-0.4, -0.2) is 16.1 Å². The molecule has 70 valence electrons. The molecule has 0 aliphatic heterocycles. The van der Waals surface area contributed by atoms with Gasteiger partial charge in [-0.15, -0.1) is 0 Å². The van der Waals surface area contributed by atoms with Gasteiger partial charge in [0.2, 0.25) is 0 Å². The number of halogens is 2. The number of aromatic nitrogens is 2. The van der Waals surface area contributed by atoms with Crippen LogP contribution in [0, 0.1) is 5.82 Å². The van der Waals surface area contributed by atoms with Crippen molar-refractivity contribution >= 4 is 34.9 Å². The highest BCUT2D eigenvalue weighted by atomic mass is 127. The first-order chi connectivity index (χ1) is 6.13. The van der Waals surface area contributed by atoms with Crippen LogP contribution in [-0.2, 0) is 3.07 Å². The molecule has 1 aromatic rings. The van der Waals surface area contributed by atoms with Crippen LogP contribution in [0.2, 0.25) is 0 Å². The van der Waals surface area contributed by atoms with E-state index in [9.17, 15) is 14.0 Å². The van der Waals surface area contributed by atoms with E-state index in [-0.39, 0.29) is 5.82 Å². The van der Waals surface area contributed by atoms with E-state index in [2.05, 4.69) is 8.05 Å². The third-order valence-corrected chi connectivity index (χ3v) is 1.46. The molecular weight excluding hydrogens is 296 g/mol. The Morgan fingerprint density at radius 2 is 2.46 bits per heavy atom. The summed E-state index contributed by atoms with van der Waals surface area (Å²) >= 11 is 1.32. The molecule has 6 nitrogen and oxygen atoms in total. The lowest BCUT2D eigenvalue weighted by molar-refractivity contribution is 0.228. The molecule has 8 heteroatoms. The van der Waals surface area contributed by atoms with Crippen molar-refractivity contribution in [1.82, 2.24) is 9.97 Å². The van der Waals surface area contributed by atoms with E-state index in [4.69, 9.17) is 0 Å². The van der Waals surface area contributed by atoms with Gasteiger partial charge in [-0.25, -0.2) is 14.0 Å². The lowest BCUT2D eigenvalue weighted by Gasteiger charge is -2.01. The monoisotopic (exact) mass is 299 g/mol. The van der Waals surface area contributed by atoms with Gasteiger partial charge in [-0.2, -0.15) is 4.98 Å². The topological polar surface area (TPSA) is 84.1 Å². The molecule has 0 saturated carbocycles. The Hall–Kier alpha value is -1.19. The van der Waals surface area contributed by atoms with E-state index in [1.807, 2.05) is 10.3 Å². The zero-order valence-corrected chi connectivity index (χ0v) is 8.16. The summed E-state index contributed by atoms with van der Waals surface area (Å²) in [5.41, 5.74) is -0.759. The fourth-order valence-electron chi connectivity index (χ4n) is 0.591. The molecule has 0 spiro atoms. The molecule has 0 bridgehead atoms. The molecule has 0 aromatic carbocycles. The van der Waals surface area contributed by atoms with E-state index >= 15 is 0 Å². The van der Waals surface area contributed by atoms with Gasteiger partial charge in [0.15, 0.2) is 34.6 Å². The maximum atomic E-state index is 12.8. The van der Waals surface area contributed by atoms with Crippen LogP contribution >= 0.6 is 23.0 Å². The second-order valence-electron chi connectivity index (χ2n) is 1.90. The van der Waals surface area contributed by atoms with Crippen LogP contribution in [0.25, 0.3) is 0 Å². The molecule has 0 atom stereocenters. The molecule has 0 unspecified atom stereocenters. The van der Waals surface area contributed by atoms with Gasteiger partial charge >= 0.3 is 11.8 Å². The summed E-state index contributed by atoms with van der Waals surface area (Å²) in [6.45, 7) is 0. The van der Waals surface area contributed by atoms with Gasteiger partial charge in [-0.05, 0) is 0 Å². The van der Waals surface area contributed by atoms with Crippen LogP contribution in [0.3, 0.4) is 0 Å². The number of carbonyl (C=O) groups is 1. The average molecular weight is 299 g/mol. The van der Waals surface area contributed by atoms with Gasteiger partial charge in [0.05, 0.1) is 6.20 Å². The predicted octanol–water partition coefficient (Wildman–Crippen LogP) is 0.807. The van der Waals surface area contributed by atoms with Gasteiger partial charge in [0.25, 0.3) is 0 Å². The summed E-state index contributed by atoms with van der Waals surface area (Å²) in [5.74, 6) is -1.22. The number of nitrogens with zero attached hydrogens (tertiary/aromatic N) is 1. The van der Waals surface area contributed by atoms with Crippen molar-refractivity contribution < 1.29 is 12.3 Å². The molecule has 2 N–H and O–H groups in total. The highest BCUT2D eigenvalue weighted by Gasteiger charge is 2.07. The summed E-state index contributed by atoms with van der Waals surface area (Å²) in [6, 6.07) is 0. The fourth-order valence-corrected chi connectivity index (χ4v) is 0.701. The van der Waals surface area contributed by atoms with Crippen molar-refractivity contribution in [3.63, 3.8) is 0 Å². The number of anilines is 1. The number of H-pyrrole nitrogens is 1. The zero-order chi connectivity index (χ0) is 9.84. The van der Waals surface area contributed by atoms with Gasteiger partial charge < -0.3 is 3.07 Å². The van der Waals surface area contributed by atoms with Gasteiger partial charge in [0.1, 0.15) is 0 Å². The minimum Gasteiger partial charge on any atom is -0.378 e. The molecule has 0 saturated heterocycles. The maximum absolute atomic E-state index is 12.8. The zero-order valence-electron chi connectivity index (χ0n) is 6.01. The van der Waals surface area contributed by atoms with E-state index in [1.165, 1.54) is 23.0 Å². The number of carbonyl (C=O) groups excluding carboxylic acids is 1. The Morgan fingerprint density at radius 3 is 3.08 bits per heavy atom. The van der Waals surface area contributed by atoms with Crippen molar-refractivity contribution in [2.24, 2.45) is 0 Å². The van der Waals surface area contributed by atoms with Crippen LogP contribution < -0.4 is 11.0 Å². The van der Waals surface area contributed by atoms with Crippen molar-refractivity contribution in [3.05, 3.63) is 22.5 Å². The van der Waals surface area contributed by atoms with Crippen molar-refractivity contribution in [2.45, 2.75) is 0 Å². The maximum Gasteiger partial charge on any atom is 0.422 e. The van der Waals surface area contributed by atoms with Crippen molar-refractivity contribution in [2.75, 3.05) is 5.32 Å². The van der Waals surface area contributed by atoms with Crippen LogP contribution in [0.4, 0.5) is 15.0 Å². The fraction of sp³-hybridized carbons (Fsp3) is 0. The quantitative estimate of drug-likeness (QED) is 0.752. The Labute approximate surface area is 85.2 Å². The van der Waals surface area contributed by atoms with Gasteiger partial charge in [-0.3, -0.25) is 10.3 Å². The third-order valence-electron chi connectivity index (χ3n) is 1.06. The molecule has 1 heterocycles. The molecule has 0 aliphatic carbocycles. The molecule has 0 aliphatic rings. The number of amides is 1. The Bertz CT molecular complexity index is 380. The molecule has 1 aromatic heterocycles. The first kappa shape index (κ1) is 9.89. The molecule has 0 radical (unpaired) electrons.